The van der Waals surface area contributed by atoms with Gasteiger partial charge >= 0.3 is 6.18 Å². The van der Waals surface area contributed by atoms with Crippen molar-refractivity contribution in [2.24, 2.45) is 0 Å². The van der Waals surface area contributed by atoms with Gasteiger partial charge in [-0.15, -0.1) is 0 Å². The predicted octanol–water partition coefficient (Wildman–Crippen LogP) is 4.48. The predicted molar refractivity (Wildman–Crippen MR) is 142 cm³/mol. The molecule has 3 aromatic carbocycles. The fraction of sp³-hybridized carbons (Fsp3) is 0.310. The van der Waals surface area contributed by atoms with Gasteiger partial charge in [0.05, 0.1) is 23.8 Å². The Bertz CT molecular complexity index is 1280. The molecule has 0 spiro atoms. The highest BCUT2D eigenvalue weighted by Crippen LogP contribution is 2.29. The molecule has 0 saturated heterocycles. The zero-order valence-corrected chi connectivity index (χ0v) is 21.7. The summed E-state index contributed by atoms with van der Waals surface area (Å²) in [7, 11) is 0. The molecule has 0 radical (unpaired) electrons. The number of anilines is 1. The number of β-amino-alcohol motifs (C(OH)–C–C–N with tert-alkyl or cyclic N) is 1. The SMILES string of the molecule is CC(C)(Cc1cccc(CC(=O)NCc2ccc(C(F)(F)F)cc2)c1)NC[C@H](O)c1ccc(O)c(NC=O)c1. The monoisotopic (exact) mass is 543 g/mol. The van der Waals surface area contributed by atoms with Gasteiger partial charge in [-0.1, -0.05) is 42.5 Å². The maximum atomic E-state index is 12.7. The van der Waals surface area contributed by atoms with Crippen molar-refractivity contribution in [1.82, 2.24) is 10.6 Å². The number of halogens is 3. The first-order valence-electron chi connectivity index (χ1n) is 12.3. The second-order valence-electron chi connectivity index (χ2n) is 9.96. The molecule has 7 nitrogen and oxygen atoms in total. The number of alkyl halides is 3. The van der Waals surface area contributed by atoms with Crippen LogP contribution < -0.4 is 16.0 Å². The van der Waals surface area contributed by atoms with Crippen LogP contribution in [0.3, 0.4) is 0 Å². The maximum Gasteiger partial charge on any atom is 0.416 e. The lowest BCUT2D eigenvalue weighted by Crippen LogP contribution is -2.43. The molecule has 3 aromatic rings. The van der Waals surface area contributed by atoms with Crippen molar-refractivity contribution >= 4 is 18.0 Å². The fourth-order valence-electron chi connectivity index (χ4n) is 4.11. The number of hydrogen-bond donors (Lipinski definition) is 5. The first kappa shape index (κ1) is 29.7. The molecule has 0 fully saturated rings. The van der Waals surface area contributed by atoms with E-state index in [-0.39, 0.29) is 36.9 Å². The van der Waals surface area contributed by atoms with Gasteiger partial charge in [-0.25, -0.2) is 0 Å². The molecule has 0 aliphatic heterocycles. The molecule has 0 bridgehead atoms. The Hall–Kier alpha value is -3.89. The minimum atomic E-state index is -4.40. The van der Waals surface area contributed by atoms with Crippen LogP contribution >= 0.6 is 0 Å². The third-order valence-corrected chi connectivity index (χ3v) is 6.17. The van der Waals surface area contributed by atoms with Crippen molar-refractivity contribution in [1.29, 1.82) is 0 Å². The number of benzene rings is 3. The number of phenols is 1. The molecule has 5 N–H and O–H groups in total. The Morgan fingerprint density at radius 1 is 0.974 bits per heavy atom. The Labute approximate surface area is 225 Å². The summed E-state index contributed by atoms with van der Waals surface area (Å²) in [6.45, 7) is 4.33. The molecule has 10 heteroatoms. The molecular formula is C29H32F3N3O4. The highest BCUT2D eigenvalue weighted by Gasteiger charge is 2.30. The average Bonchev–Trinajstić information content (AvgIpc) is 2.87. The Morgan fingerprint density at radius 3 is 2.33 bits per heavy atom. The highest BCUT2D eigenvalue weighted by atomic mass is 19.4. The lowest BCUT2D eigenvalue weighted by molar-refractivity contribution is -0.137. The lowest BCUT2D eigenvalue weighted by Gasteiger charge is -2.28. The van der Waals surface area contributed by atoms with E-state index < -0.39 is 23.4 Å². The van der Waals surface area contributed by atoms with Crippen LogP contribution in [0.4, 0.5) is 18.9 Å². The lowest BCUT2D eigenvalue weighted by atomic mass is 9.93. The van der Waals surface area contributed by atoms with Gasteiger partial charge in [0.25, 0.3) is 0 Å². The van der Waals surface area contributed by atoms with E-state index in [1.165, 1.54) is 24.3 Å². The first-order valence-corrected chi connectivity index (χ1v) is 12.3. The highest BCUT2D eigenvalue weighted by molar-refractivity contribution is 5.78. The normalized spacial score (nSPS) is 12.6. The van der Waals surface area contributed by atoms with Crippen LogP contribution in [0.5, 0.6) is 5.75 Å². The smallest absolute Gasteiger partial charge is 0.416 e. The number of aromatic hydroxyl groups is 1. The molecule has 0 saturated carbocycles. The number of nitrogens with one attached hydrogen (secondary N) is 3. The number of aliphatic hydroxyl groups is 1. The van der Waals surface area contributed by atoms with Crippen LogP contribution in [0.1, 0.15) is 47.8 Å². The zero-order valence-electron chi connectivity index (χ0n) is 21.7. The van der Waals surface area contributed by atoms with E-state index in [1.54, 1.807) is 6.07 Å². The van der Waals surface area contributed by atoms with Crippen molar-refractivity contribution in [2.75, 3.05) is 11.9 Å². The molecule has 0 aliphatic rings. The van der Waals surface area contributed by atoms with E-state index in [0.29, 0.717) is 24.0 Å². The topological polar surface area (TPSA) is 111 Å². The van der Waals surface area contributed by atoms with Gasteiger partial charge in [0.15, 0.2) is 0 Å². The molecule has 1 atom stereocenters. The largest absolute Gasteiger partial charge is 0.506 e. The second kappa shape index (κ2) is 12.8. The van der Waals surface area contributed by atoms with Crippen molar-refractivity contribution < 1.29 is 33.0 Å². The Morgan fingerprint density at radius 2 is 1.67 bits per heavy atom. The number of hydrogen-bond acceptors (Lipinski definition) is 5. The van der Waals surface area contributed by atoms with Gasteiger partial charge in [0.1, 0.15) is 5.75 Å². The van der Waals surface area contributed by atoms with Gasteiger partial charge < -0.3 is 26.2 Å². The summed E-state index contributed by atoms with van der Waals surface area (Å²) in [5.74, 6) is -0.343. The number of amides is 2. The summed E-state index contributed by atoms with van der Waals surface area (Å²) in [5, 5.41) is 28.8. The van der Waals surface area contributed by atoms with Crippen molar-refractivity contribution in [3.8, 4) is 5.75 Å². The minimum absolute atomic E-state index is 0.0977. The van der Waals surface area contributed by atoms with Gasteiger partial charge in [-0.3, -0.25) is 9.59 Å². The number of carbonyl (C=O) groups is 2. The summed E-state index contributed by atoms with van der Waals surface area (Å²) in [4.78, 5) is 23.1. The number of phenolic OH excluding ortho intramolecular Hbond substituents is 1. The van der Waals surface area contributed by atoms with Crippen LogP contribution in [0.15, 0.2) is 66.7 Å². The number of rotatable bonds is 12. The summed E-state index contributed by atoms with van der Waals surface area (Å²) in [5.41, 5.74) is 1.95. The summed E-state index contributed by atoms with van der Waals surface area (Å²) in [6, 6.07) is 16.7. The van der Waals surface area contributed by atoms with Crippen LogP contribution in [0.25, 0.3) is 0 Å². The van der Waals surface area contributed by atoms with Crippen molar-refractivity contribution in [3.63, 3.8) is 0 Å². The molecular weight excluding hydrogens is 511 g/mol. The Kier molecular flexibility index (Phi) is 9.71. The first-order chi connectivity index (χ1) is 18.4. The fourth-order valence-corrected chi connectivity index (χ4v) is 4.11. The Balaban J connectivity index is 1.52. The molecule has 2 amide bonds. The van der Waals surface area contributed by atoms with Crippen molar-refractivity contribution in [2.45, 2.75) is 51.1 Å². The molecule has 0 aliphatic carbocycles. The summed E-state index contributed by atoms with van der Waals surface area (Å²) >= 11 is 0. The number of aliphatic hydroxyl groups excluding tert-OH is 1. The van der Waals surface area contributed by atoms with Gasteiger partial charge in [0.2, 0.25) is 12.3 Å². The molecule has 0 heterocycles. The van der Waals surface area contributed by atoms with Crippen LogP contribution in [-0.2, 0) is 35.2 Å². The zero-order chi connectivity index (χ0) is 28.6. The van der Waals surface area contributed by atoms with Crippen LogP contribution in [-0.4, -0.2) is 34.6 Å². The van der Waals surface area contributed by atoms with Gasteiger partial charge in [-0.2, -0.15) is 13.2 Å². The molecule has 208 valence electrons. The standard InChI is InChI=1S/C29H32F3N3O4/c1-28(2,35-17-26(38)22-8-11-25(37)24(14-22)34-18-36)15-21-5-3-4-20(12-21)13-27(39)33-16-19-6-9-23(10-7-19)29(30,31)32/h3-12,14,18,26,35,37-38H,13,15-17H2,1-2H3,(H,33,39)(H,34,36)/t26-/m0/s1. The van der Waals surface area contributed by atoms with E-state index in [4.69, 9.17) is 0 Å². The maximum absolute atomic E-state index is 12.7. The quantitative estimate of drug-likeness (QED) is 0.171. The van der Waals surface area contributed by atoms with Crippen LogP contribution in [0, 0.1) is 0 Å². The third-order valence-electron chi connectivity index (χ3n) is 6.17. The van der Waals surface area contributed by atoms with Crippen LogP contribution in [0.2, 0.25) is 0 Å². The van der Waals surface area contributed by atoms with E-state index in [1.807, 2.05) is 38.1 Å². The molecule has 3 rings (SSSR count). The second-order valence-corrected chi connectivity index (χ2v) is 9.96. The number of carbonyl (C=O) groups excluding carboxylic acids is 2. The van der Waals surface area contributed by atoms with Gasteiger partial charge in [0, 0.05) is 18.6 Å². The van der Waals surface area contributed by atoms with Crippen molar-refractivity contribution in [3.05, 3.63) is 94.5 Å². The van der Waals surface area contributed by atoms with E-state index >= 15 is 0 Å². The molecule has 0 aromatic heterocycles. The van der Waals surface area contributed by atoms with Gasteiger partial charge in [-0.05, 0) is 66.8 Å². The summed E-state index contributed by atoms with van der Waals surface area (Å²) < 4.78 is 38.1. The average molecular weight is 544 g/mol. The van der Waals surface area contributed by atoms with E-state index in [9.17, 15) is 33.0 Å². The summed E-state index contributed by atoms with van der Waals surface area (Å²) in [6.07, 6.45) is -4.10. The van der Waals surface area contributed by atoms with E-state index in [2.05, 4.69) is 16.0 Å². The van der Waals surface area contributed by atoms with E-state index in [0.717, 1.165) is 23.3 Å². The molecule has 39 heavy (non-hydrogen) atoms. The minimum Gasteiger partial charge on any atom is -0.506 e. The molecule has 0 unspecified atom stereocenters. The third kappa shape index (κ3) is 9.12.